The highest BCUT2D eigenvalue weighted by molar-refractivity contribution is 5.88. The molecule has 1 aromatic heterocycles. The van der Waals surface area contributed by atoms with Crippen molar-refractivity contribution in [3.05, 3.63) is 30.6 Å². The van der Waals surface area contributed by atoms with Gasteiger partial charge in [-0.2, -0.15) is 0 Å². The van der Waals surface area contributed by atoms with Gasteiger partial charge in [0.25, 0.3) is 0 Å². The zero-order valence-corrected chi connectivity index (χ0v) is 10.8. The highest BCUT2D eigenvalue weighted by atomic mass is 15.0. The summed E-state index contributed by atoms with van der Waals surface area (Å²) in [4.78, 5) is 8.58. The molecule has 0 saturated heterocycles. The third kappa shape index (κ3) is 2.96. The molecule has 0 fully saturated rings. The number of benzene rings is 1. The van der Waals surface area contributed by atoms with Crippen molar-refractivity contribution in [3.63, 3.8) is 0 Å². The average molecular weight is 244 g/mol. The topological polar surface area (TPSA) is 63.8 Å². The fourth-order valence-corrected chi connectivity index (χ4v) is 2.01. The number of rotatable bonds is 6. The Morgan fingerprint density at radius 1 is 1.28 bits per heavy atom. The molecule has 4 nitrogen and oxygen atoms in total. The fourth-order valence-electron chi connectivity index (χ4n) is 2.01. The molecule has 0 aliphatic carbocycles. The average Bonchev–Trinajstić information content (AvgIpc) is 2.43. The monoisotopic (exact) mass is 244 g/mol. The highest BCUT2D eigenvalue weighted by Crippen LogP contribution is 2.19. The molecule has 4 heteroatoms. The van der Waals surface area contributed by atoms with Crippen molar-refractivity contribution in [2.24, 2.45) is 5.73 Å². The largest absolute Gasteiger partial charge is 0.365 e. The summed E-state index contributed by atoms with van der Waals surface area (Å²) >= 11 is 0. The van der Waals surface area contributed by atoms with Crippen LogP contribution in [0.1, 0.15) is 26.2 Å². The Hall–Kier alpha value is -1.68. The van der Waals surface area contributed by atoms with Crippen LogP contribution in [0.3, 0.4) is 0 Å². The molecule has 18 heavy (non-hydrogen) atoms. The molecular formula is C14H20N4. The van der Waals surface area contributed by atoms with E-state index in [1.807, 2.05) is 24.3 Å². The van der Waals surface area contributed by atoms with Crippen molar-refractivity contribution >= 4 is 16.7 Å². The highest BCUT2D eigenvalue weighted by Gasteiger charge is 2.09. The van der Waals surface area contributed by atoms with Gasteiger partial charge in [-0.05, 0) is 18.6 Å². The first-order valence-electron chi connectivity index (χ1n) is 6.51. The summed E-state index contributed by atoms with van der Waals surface area (Å²) in [7, 11) is 0. The third-order valence-corrected chi connectivity index (χ3v) is 3.07. The lowest BCUT2D eigenvalue weighted by Gasteiger charge is -2.17. The van der Waals surface area contributed by atoms with E-state index in [0.717, 1.165) is 23.1 Å². The SMILES string of the molecule is CCCCC(CN)Nc1ncnc2ccccc12. The summed E-state index contributed by atoms with van der Waals surface area (Å²) in [6.45, 7) is 2.81. The minimum absolute atomic E-state index is 0.281. The lowest BCUT2D eigenvalue weighted by Crippen LogP contribution is -2.29. The molecule has 0 bridgehead atoms. The van der Waals surface area contributed by atoms with Crippen LogP contribution < -0.4 is 11.1 Å². The minimum Gasteiger partial charge on any atom is -0.365 e. The Bertz CT molecular complexity index is 493. The maximum Gasteiger partial charge on any atom is 0.137 e. The molecule has 0 amide bonds. The first kappa shape index (κ1) is 12.8. The second-order valence-corrected chi connectivity index (χ2v) is 4.46. The number of nitrogens with zero attached hydrogens (tertiary/aromatic N) is 2. The van der Waals surface area contributed by atoms with Gasteiger partial charge in [0.1, 0.15) is 12.1 Å². The van der Waals surface area contributed by atoms with Crippen LogP contribution in [-0.4, -0.2) is 22.6 Å². The molecule has 0 radical (unpaired) electrons. The van der Waals surface area contributed by atoms with Crippen LogP contribution in [0.15, 0.2) is 30.6 Å². The van der Waals surface area contributed by atoms with Crippen LogP contribution in [0, 0.1) is 0 Å². The zero-order valence-electron chi connectivity index (χ0n) is 10.8. The Labute approximate surface area is 108 Å². The summed E-state index contributed by atoms with van der Waals surface area (Å²) < 4.78 is 0. The van der Waals surface area contributed by atoms with Crippen LogP contribution in [0.2, 0.25) is 0 Å². The second kappa shape index (κ2) is 6.31. The van der Waals surface area contributed by atoms with E-state index in [0.29, 0.717) is 6.54 Å². The van der Waals surface area contributed by atoms with Gasteiger partial charge in [0.2, 0.25) is 0 Å². The van der Waals surface area contributed by atoms with Crippen LogP contribution in [-0.2, 0) is 0 Å². The molecule has 2 aromatic rings. The van der Waals surface area contributed by atoms with Crippen molar-refractivity contribution in [1.29, 1.82) is 0 Å². The van der Waals surface area contributed by atoms with Gasteiger partial charge < -0.3 is 11.1 Å². The lowest BCUT2D eigenvalue weighted by molar-refractivity contribution is 0.613. The van der Waals surface area contributed by atoms with Gasteiger partial charge in [-0.15, -0.1) is 0 Å². The van der Waals surface area contributed by atoms with Gasteiger partial charge in [-0.25, -0.2) is 9.97 Å². The first-order valence-corrected chi connectivity index (χ1v) is 6.51. The summed E-state index contributed by atoms with van der Waals surface area (Å²) in [5.74, 6) is 0.882. The Morgan fingerprint density at radius 2 is 2.11 bits per heavy atom. The van der Waals surface area contributed by atoms with Crippen molar-refractivity contribution in [3.8, 4) is 0 Å². The number of nitrogens with one attached hydrogen (secondary N) is 1. The molecule has 0 spiro atoms. The third-order valence-electron chi connectivity index (χ3n) is 3.07. The van der Waals surface area contributed by atoms with Crippen LogP contribution in [0.25, 0.3) is 10.9 Å². The van der Waals surface area contributed by atoms with Crippen LogP contribution in [0.5, 0.6) is 0 Å². The maximum atomic E-state index is 5.80. The summed E-state index contributed by atoms with van der Waals surface area (Å²) in [6, 6.07) is 8.29. The van der Waals surface area contributed by atoms with E-state index in [4.69, 9.17) is 5.73 Å². The first-order chi connectivity index (χ1) is 8.85. The standard InChI is InChI=1S/C14H20N4/c1-2-3-6-11(9-15)18-14-12-7-4-5-8-13(12)16-10-17-14/h4-5,7-8,10-11H,2-3,6,9,15H2,1H3,(H,16,17,18). The maximum absolute atomic E-state index is 5.80. The van der Waals surface area contributed by atoms with Gasteiger partial charge in [-0.1, -0.05) is 31.9 Å². The minimum atomic E-state index is 0.281. The summed E-state index contributed by atoms with van der Waals surface area (Å²) in [6.07, 6.45) is 5.03. The Kier molecular flexibility index (Phi) is 4.47. The molecule has 1 aromatic carbocycles. The van der Waals surface area contributed by atoms with Crippen LogP contribution >= 0.6 is 0 Å². The lowest BCUT2D eigenvalue weighted by atomic mass is 10.1. The van der Waals surface area contributed by atoms with Gasteiger partial charge in [0, 0.05) is 18.0 Å². The van der Waals surface area contributed by atoms with E-state index in [1.165, 1.54) is 12.8 Å². The predicted octanol–water partition coefficient (Wildman–Crippen LogP) is 2.56. The summed E-state index contributed by atoms with van der Waals surface area (Å²) in [5.41, 5.74) is 6.76. The van der Waals surface area contributed by atoms with E-state index in [9.17, 15) is 0 Å². The van der Waals surface area contributed by atoms with E-state index in [1.54, 1.807) is 6.33 Å². The molecule has 1 heterocycles. The molecule has 0 aliphatic rings. The number of anilines is 1. The van der Waals surface area contributed by atoms with Crippen molar-refractivity contribution < 1.29 is 0 Å². The summed E-state index contributed by atoms with van der Waals surface area (Å²) in [5, 5.41) is 4.48. The molecule has 1 atom stereocenters. The molecular weight excluding hydrogens is 224 g/mol. The van der Waals surface area contributed by atoms with E-state index >= 15 is 0 Å². The second-order valence-electron chi connectivity index (χ2n) is 4.46. The fraction of sp³-hybridized carbons (Fsp3) is 0.429. The predicted molar refractivity (Wildman–Crippen MR) is 75.5 cm³/mol. The molecule has 0 saturated carbocycles. The van der Waals surface area contributed by atoms with Crippen LogP contribution in [0.4, 0.5) is 5.82 Å². The number of aromatic nitrogens is 2. The zero-order chi connectivity index (χ0) is 12.8. The van der Waals surface area contributed by atoms with E-state index in [-0.39, 0.29) is 6.04 Å². The number of para-hydroxylation sites is 1. The van der Waals surface area contributed by atoms with E-state index in [2.05, 4.69) is 22.2 Å². The molecule has 0 aliphatic heterocycles. The molecule has 96 valence electrons. The number of hydrogen-bond donors (Lipinski definition) is 2. The van der Waals surface area contributed by atoms with Crippen molar-refractivity contribution in [2.45, 2.75) is 32.2 Å². The number of nitrogens with two attached hydrogens (primary N) is 1. The molecule has 3 N–H and O–H groups in total. The van der Waals surface area contributed by atoms with Gasteiger partial charge in [-0.3, -0.25) is 0 Å². The van der Waals surface area contributed by atoms with Gasteiger partial charge in [0.05, 0.1) is 5.52 Å². The number of fused-ring (bicyclic) bond motifs is 1. The van der Waals surface area contributed by atoms with Crippen molar-refractivity contribution in [1.82, 2.24) is 9.97 Å². The smallest absolute Gasteiger partial charge is 0.137 e. The molecule has 1 unspecified atom stereocenters. The van der Waals surface area contributed by atoms with Gasteiger partial charge in [0.15, 0.2) is 0 Å². The van der Waals surface area contributed by atoms with E-state index < -0.39 is 0 Å². The quantitative estimate of drug-likeness (QED) is 0.819. The number of hydrogen-bond acceptors (Lipinski definition) is 4. The number of unbranched alkanes of at least 4 members (excludes halogenated alkanes) is 1. The molecule has 2 rings (SSSR count). The van der Waals surface area contributed by atoms with Crippen molar-refractivity contribution in [2.75, 3.05) is 11.9 Å². The Morgan fingerprint density at radius 3 is 2.89 bits per heavy atom. The Balaban J connectivity index is 2.19. The van der Waals surface area contributed by atoms with Gasteiger partial charge >= 0.3 is 0 Å². The normalized spacial score (nSPS) is 12.6.